The standard InChI is InChI=1S/C18H26N4O3/c1-4-25-14-6-5-9-21(11-14)18(24)8-7-15-12(2)19-16-10-17(23)20-22(16)13(15)3/h10,14H,4-9,11H2,1-3H3,(H,20,23)/t14-/m1/s1. The smallest absolute Gasteiger partial charge is 0.266 e. The lowest BCUT2D eigenvalue weighted by atomic mass is 10.0. The first-order valence-electron chi connectivity index (χ1n) is 8.96. The molecule has 2 aromatic heterocycles. The van der Waals surface area contributed by atoms with Gasteiger partial charge < -0.3 is 9.64 Å². The number of ether oxygens (including phenoxy) is 1. The molecule has 0 spiro atoms. The Labute approximate surface area is 147 Å². The number of amides is 1. The number of hydrogen-bond donors (Lipinski definition) is 1. The summed E-state index contributed by atoms with van der Waals surface area (Å²) in [5.74, 6) is 0.157. The molecule has 7 heteroatoms. The summed E-state index contributed by atoms with van der Waals surface area (Å²) >= 11 is 0. The molecule has 7 nitrogen and oxygen atoms in total. The van der Waals surface area contributed by atoms with Crippen molar-refractivity contribution in [3.05, 3.63) is 33.4 Å². The van der Waals surface area contributed by atoms with Crippen LogP contribution in [0.3, 0.4) is 0 Å². The van der Waals surface area contributed by atoms with E-state index in [0.717, 1.165) is 36.3 Å². The molecule has 0 aromatic carbocycles. The molecular weight excluding hydrogens is 320 g/mol. The molecule has 136 valence electrons. The van der Waals surface area contributed by atoms with Crippen molar-refractivity contribution in [2.24, 2.45) is 0 Å². The number of aryl methyl sites for hydroxylation is 2. The average molecular weight is 346 g/mol. The summed E-state index contributed by atoms with van der Waals surface area (Å²) < 4.78 is 7.37. The second-order valence-electron chi connectivity index (χ2n) is 6.63. The number of H-pyrrole nitrogens is 1. The SMILES string of the molecule is CCO[C@@H]1CCCN(C(=O)CCc2c(C)nc3cc(=O)[nH]n3c2C)C1. The van der Waals surface area contributed by atoms with Crippen molar-refractivity contribution in [2.45, 2.75) is 52.6 Å². The first-order chi connectivity index (χ1) is 12.0. The molecule has 0 unspecified atom stereocenters. The zero-order valence-electron chi connectivity index (χ0n) is 15.2. The summed E-state index contributed by atoms with van der Waals surface area (Å²) in [5, 5.41) is 2.75. The van der Waals surface area contributed by atoms with Crippen molar-refractivity contribution >= 4 is 11.6 Å². The van der Waals surface area contributed by atoms with Crippen LogP contribution in [0, 0.1) is 13.8 Å². The fraction of sp³-hybridized carbons (Fsp3) is 0.611. The van der Waals surface area contributed by atoms with Crippen LogP contribution in [0.1, 0.15) is 43.1 Å². The number of nitrogens with one attached hydrogen (secondary N) is 1. The fourth-order valence-corrected chi connectivity index (χ4v) is 3.64. The minimum atomic E-state index is -0.168. The van der Waals surface area contributed by atoms with Crippen LogP contribution in [0.5, 0.6) is 0 Å². The highest BCUT2D eigenvalue weighted by Gasteiger charge is 2.24. The van der Waals surface area contributed by atoms with E-state index >= 15 is 0 Å². The van der Waals surface area contributed by atoms with Crippen molar-refractivity contribution in [3.63, 3.8) is 0 Å². The number of nitrogens with zero attached hydrogens (tertiary/aromatic N) is 3. The van der Waals surface area contributed by atoms with Gasteiger partial charge in [-0.15, -0.1) is 0 Å². The maximum atomic E-state index is 12.6. The first kappa shape index (κ1) is 17.7. The minimum Gasteiger partial charge on any atom is -0.377 e. The van der Waals surface area contributed by atoms with E-state index < -0.39 is 0 Å². The summed E-state index contributed by atoms with van der Waals surface area (Å²) in [6.07, 6.45) is 3.24. The highest BCUT2D eigenvalue weighted by molar-refractivity contribution is 5.76. The number of carbonyl (C=O) groups excluding carboxylic acids is 1. The second-order valence-corrected chi connectivity index (χ2v) is 6.63. The van der Waals surface area contributed by atoms with Crippen LogP contribution >= 0.6 is 0 Å². The van der Waals surface area contributed by atoms with Gasteiger partial charge >= 0.3 is 0 Å². The molecule has 1 N–H and O–H groups in total. The molecule has 25 heavy (non-hydrogen) atoms. The van der Waals surface area contributed by atoms with Gasteiger partial charge in [-0.25, -0.2) is 9.50 Å². The number of aromatic nitrogens is 3. The van der Waals surface area contributed by atoms with Crippen LogP contribution < -0.4 is 5.56 Å². The highest BCUT2D eigenvalue weighted by Crippen LogP contribution is 2.18. The quantitative estimate of drug-likeness (QED) is 0.892. The van der Waals surface area contributed by atoms with Gasteiger partial charge in [0, 0.05) is 43.6 Å². The Morgan fingerprint density at radius 3 is 3.00 bits per heavy atom. The molecule has 3 heterocycles. The number of likely N-dealkylation sites (tertiary alicyclic amines) is 1. The molecule has 1 saturated heterocycles. The average Bonchev–Trinajstić information content (AvgIpc) is 2.95. The summed E-state index contributed by atoms with van der Waals surface area (Å²) in [6, 6.07) is 1.48. The maximum absolute atomic E-state index is 12.6. The lowest BCUT2D eigenvalue weighted by Gasteiger charge is -2.32. The Bertz CT molecular complexity index is 822. The maximum Gasteiger partial charge on any atom is 0.266 e. The number of piperidine rings is 1. The van der Waals surface area contributed by atoms with E-state index in [1.807, 2.05) is 25.7 Å². The fourth-order valence-electron chi connectivity index (χ4n) is 3.64. The van der Waals surface area contributed by atoms with Crippen LogP contribution in [0.2, 0.25) is 0 Å². The molecule has 1 aliphatic heterocycles. The molecule has 3 rings (SSSR count). The van der Waals surface area contributed by atoms with Crippen molar-refractivity contribution in [1.29, 1.82) is 0 Å². The Balaban J connectivity index is 1.69. The van der Waals surface area contributed by atoms with Gasteiger partial charge in [0.15, 0.2) is 5.65 Å². The van der Waals surface area contributed by atoms with E-state index in [1.165, 1.54) is 6.07 Å². The zero-order chi connectivity index (χ0) is 18.0. The first-order valence-corrected chi connectivity index (χ1v) is 8.96. The largest absolute Gasteiger partial charge is 0.377 e. The third kappa shape index (κ3) is 3.76. The van der Waals surface area contributed by atoms with Crippen molar-refractivity contribution in [1.82, 2.24) is 19.5 Å². The topological polar surface area (TPSA) is 79.7 Å². The van der Waals surface area contributed by atoms with Crippen molar-refractivity contribution in [3.8, 4) is 0 Å². The van der Waals surface area contributed by atoms with Gasteiger partial charge in [-0.3, -0.25) is 14.7 Å². The molecule has 0 saturated carbocycles. The normalized spacial score (nSPS) is 18.0. The van der Waals surface area contributed by atoms with Crippen LogP contribution in [0.15, 0.2) is 10.9 Å². The van der Waals surface area contributed by atoms with Gasteiger partial charge in [0.1, 0.15) is 0 Å². The van der Waals surface area contributed by atoms with Gasteiger partial charge in [-0.2, -0.15) is 0 Å². The molecule has 1 amide bonds. The van der Waals surface area contributed by atoms with E-state index in [2.05, 4.69) is 10.1 Å². The zero-order valence-corrected chi connectivity index (χ0v) is 15.2. The minimum absolute atomic E-state index is 0.157. The lowest BCUT2D eigenvalue weighted by molar-refractivity contribution is -0.135. The summed E-state index contributed by atoms with van der Waals surface area (Å²) in [4.78, 5) is 30.5. The Morgan fingerprint density at radius 1 is 1.44 bits per heavy atom. The molecule has 0 radical (unpaired) electrons. The number of fused-ring (bicyclic) bond motifs is 1. The molecule has 0 aliphatic carbocycles. The van der Waals surface area contributed by atoms with Crippen LogP contribution in [-0.4, -0.2) is 51.2 Å². The Kier molecular flexibility index (Phi) is 5.22. The Morgan fingerprint density at radius 2 is 2.24 bits per heavy atom. The number of carbonyl (C=O) groups is 1. The van der Waals surface area contributed by atoms with E-state index in [4.69, 9.17) is 4.74 Å². The summed E-state index contributed by atoms with van der Waals surface area (Å²) in [6.45, 7) is 8.04. The molecule has 0 bridgehead atoms. The predicted octanol–water partition coefficient (Wildman–Crippen LogP) is 1.60. The van der Waals surface area contributed by atoms with Crippen LogP contribution in [0.4, 0.5) is 0 Å². The van der Waals surface area contributed by atoms with Gasteiger partial charge in [-0.05, 0) is 45.6 Å². The van der Waals surface area contributed by atoms with Crippen LogP contribution in [0.25, 0.3) is 5.65 Å². The molecular formula is C18H26N4O3. The monoisotopic (exact) mass is 346 g/mol. The summed E-state index contributed by atoms with van der Waals surface area (Å²) in [7, 11) is 0. The molecule has 1 fully saturated rings. The van der Waals surface area contributed by atoms with Crippen LogP contribution in [-0.2, 0) is 16.0 Å². The van der Waals surface area contributed by atoms with E-state index in [-0.39, 0.29) is 17.6 Å². The van der Waals surface area contributed by atoms with Gasteiger partial charge in [0.2, 0.25) is 5.91 Å². The lowest BCUT2D eigenvalue weighted by Crippen LogP contribution is -2.43. The molecule has 1 atom stereocenters. The summed E-state index contributed by atoms with van der Waals surface area (Å²) in [5.41, 5.74) is 3.27. The highest BCUT2D eigenvalue weighted by atomic mass is 16.5. The second kappa shape index (κ2) is 7.39. The molecule has 2 aromatic rings. The van der Waals surface area contributed by atoms with E-state index in [1.54, 1.807) is 4.52 Å². The third-order valence-electron chi connectivity index (χ3n) is 4.92. The van der Waals surface area contributed by atoms with Gasteiger partial charge in [0.25, 0.3) is 5.56 Å². The van der Waals surface area contributed by atoms with Crippen molar-refractivity contribution < 1.29 is 9.53 Å². The molecule has 1 aliphatic rings. The van der Waals surface area contributed by atoms with Gasteiger partial charge in [0.05, 0.1) is 6.10 Å². The van der Waals surface area contributed by atoms with Crippen molar-refractivity contribution in [2.75, 3.05) is 19.7 Å². The van der Waals surface area contributed by atoms with E-state index in [9.17, 15) is 9.59 Å². The third-order valence-corrected chi connectivity index (χ3v) is 4.92. The number of aromatic amines is 1. The van der Waals surface area contributed by atoms with E-state index in [0.29, 0.717) is 31.6 Å². The van der Waals surface area contributed by atoms with Gasteiger partial charge in [-0.1, -0.05) is 0 Å². The predicted molar refractivity (Wildman–Crippen MR) is 94.8 cm³/mol. The number of hydrogen-bond acceptors (Lipinski definition) is 4. The Hall–Kier alpha value is -2.15. The number of rotatable bonds is 5.